The Balaban J connectivity index is 1.02. The van der Waals surface area contributed by atoms with E-state index in [1.54, 1.807) is 11.0 Å². The smallest absolute Gasteiger partial charge is 0.402 e. The lowest BCUT2D eigenvalue weighted by Gasteiger charge is -2.73. The standard InChI is InChI=1S/C27H24ClF6N7O/c28-17-3-4-18-16(6-17)7-40(25-9-24(10-25,11-25)26(29,30)31)8-20-36-37-22(41(18)20)39-14-23(15-39)12-38(13-23)21-19(2-1-5-35-21)42-27(32,33)34/h1-6H,7-15H2. The van der Waals surface area contributed by atoms with Crippen LogP contribution < -0.4 is 14.5 Å². The Hall–Kier alpha value is -3.26. The van der Waals surface area contributed by atoms with Crippen molar-refractivity contribution in [2.75, 3.05) is 36.0 Å². The van der Waals surface area contributed by atoms with E-state index in [4.69, 9.17) is 11.6 Å². The van der Waals surface area contributed by atoms with E-state index < -0.39 is 23.5 Å². The van der Waals surface area contributed by atoms with Gasteiger partial charge in [0.15, 0.2) is 17.4 Å². The summed E-state index contributed by atoms with van der Waals surface area (Å²) in [5.41, 5.74) is -0.478. The predicted molar refractivity (Wildman–Crippen MR) is 138 cm³/mol. The van der Waals surface area contributed by atoms with Gasteiger partial charge in [-0.05, 0) is 55.2 Å². The molecule has 0 N–H and O–H groups in total. The van der Waals surface area contributed by atoms with Crippen LogP contribution in [0.2, 0.25) is 5.02 Å². The van der Waals surface area contributed by atoms with Crippen LogP contribution in [0.4, 0.5) is 38.1 Å². The Bertz CT molecular complexity index is 1570. The van der Waals surface area contributed by atoms with Gasteiger partial charge >= 0.3 is 12.5 Å². The van der Waals surface area contributed by atoms with Crippen molar-refractivity contribution in [2.24, 2.45) is 10.8 Å². The fraction of sp³-hybridized carbons (Fsp3) is 0.519. The number of fused-ring (bicyclic) bond motifs is 3. The number of pyridine rings is 1. The van der Waals surface area contributed by atoms with Gasteiger partial charge in [-0.25, -0.2) is 4.98 Å². The first-order valence-electron chi connectivity index (χ1n) is 13.5. The lowest BCUT2D eigenvalue weighted by atomic mass is 9.38. The Labute approximate surface area is 240 Å². The van der Waals surface area contributed by atoms with E-state index in [1.807, 2.05) is 16.7 Å². The van der Waals surface area contributed by atoms with Crippen molar-refractivity contribution in [3.05, 3.63) is 52.9 Å². The predicted octanol–water partition coefficient (Wildman–Crippen LogP) is 5.34. The highest BCUT2D eigenvalue weighted by atomic mass is 35.5. The van der Waals surface area contributed by atoms with Crippen molar-refractivity contribution in [3.8, 4) is 11.4 Å². The molecule has 0 atom stereocenters. The number of nitrogens with zero attached hydrogens (tertiary/aromatic N) is 7. The maximum Gasteiger partial charge on any atom is 0.573 e. The lowest BCUT2D eigenvalue weighted by molar-refractivity contribution is -0.364. The summed E-state index contributed by atoms with van der Waals surface area (Å²) in [4.78, 5) is 10.1. The summed E-state index contributed by atoms with van der Waals surface area (Å²) in [5, 5.41) is 9.51. The first kappa shape index (κ1) is 26.4. The molecule has 1 aromatic carbocycles. The minimum absolute atomic E-state index is 0.0948. The fourth-order valence-corrected chi connectivity index (χ4v) is 7.93. The normalized spacial score (nSPS) is 27.7. The number of halogens is 7. The van der Waals surface area contributed by atoms with E-state index >= 15 is 0 Å². The second-order valence-electron chi connectivity index (χ2n) is 12.5. The van der Waals surface area contributed by atoms with Crippen molar-refractivity contribution in [3.63, 3.8) is 0 Å². The molecule has 3 aliphatic carbocycles. The molecule has 0 amide bonds. The van der Waals surface area contributed by atoms with Crippen LogP contribution in [0.25, 0.3) is 5.69 Å². The van der Waals surface area contributed by atoms with E-state index in [2.05, 4.69) is 29.7 Å². The van der Waals surface area contributed by atoms with Crippen LogP contribution in [-0.4, -0.2) is 68.9 Å². The molecule has 3 aromatic rings. The molecule has 5 fully saturated rings. The van der Waals surface area contributed by atoms with Crippen LogP contribution in [-0.2, 0) is 13.1 Å². The molecule has 15 heteroatoms. The van der Waals surface area contributed by atoms with Gasteiger partial charge in [-0.2, -0.15) is 13.2 Å². The van der Waals surface area contributed by atoms with Gasteiger partial charge in [-0.1, -0.05) is 11.6 Å². The molecule has 0 unspecified atom stereocenters. The van der Waals surface area contributed by atoms with Crippen molar-refractivity contribution in [2.45, 2.75) is 50.4 Å². The zero-order valence-electron chi connectivity index (χ0n) is 22.0. The summed E-state index contributed by atoms with van der Waals surface area (Å²) in [5.74, 6) is 1.10. The first-order chi connectivity index (χ1) is 19.8. The molecule has 2 saturated heterocycles. The van der Waals surface area contributed by atoms with E-state index in [9.17, 15) is 26.3 Å². The molecule has 9 rings (SSSR count). The van der Waals surface area contributed by atoms with Gasteiger partial charge in [0, 0.05) is 54.9 Å². The van der Waals surface area contributed by atoms with Crippen molar-refractivity contribution in [1.82, 2.24) is 24.6 Å². The summed E-state index contributed by atoms with van der Waals surface area (Å²) >= 11 is 6.35. The summed E-state index contributed by atoms with van der Waals surface area (Å²) in [6.07, 6.45) is -7.28. The Morgan fingerprint density at radius 2 is 1.60 bits per heavy atom. The molecular formula is C27H24ClF6N7O. The second kappa shape index (κ2) is 8.22. The Morgan fingerprint density at radius 1 is 0.881 bits per heavy atom. The quantitative estimate of drug-likeness (QED) is 0.369. The Morgan fingerprint density at radius 3 is 2.29 bits per heavy atom. The molecule has 0 radical (unpaired) electrons. The van der Waals surface area contributed by atoms with Gasteiger partial charge in [0.25, 0.3) is 0 Å². The van der Waals surface area contributed by atoms with Gasteiger partial charge in [0.05, 0.1) is 17.6 Å². The molecular weight excluding hydrogens is 588 g/mol. The number of hydrogen-bond donors (Lipinski definition) is 0. The highest BCUT2D eigenvalue weighted by Gasteiger charge is 2.80. The van der Waals surface area contributed by atoms with Crippen LogP contribution in [0.1, 0.15) is 30.7 Å². The SMILES string of the molecule is FC(F)(F)Oc1cccnc1N1CC2(C1)CN(c1nnc3n1-c1ccc(Cl)cc1CN(C14CC(C(F)(F)F)(C1)C4)C3)C2. The topological polar surface area (TPSA) is 62.6 Å². The highest BCUT2D eigenvalue weighted by Crippen LogP contribution is 2.75. The minimum Gasteiger partial charge on any atom is -0.402 e. The molecule has 2 aromatic heterocycles. The monoisotopic (exact) mass is 611 g/mol. The fourth-order valence-electron chi connectivity index (χ4n) is 7.74. The van der Waals surface area contributed by atoms with Crippen LogP contribution in [0.3, 0.4) is 0 Å². The molecule has 6 aliphatic rings. The third-order valence-corrected chi connectivity index (χ3v) is 9.86. The maximum atomic E-state index is 13.6. The summed E-state index contributed by atoms with van der Waals surface area (Å²) in [6, 6.07) is 8.17. The Kier molecular flexibility index (Phi) is 5.16. The van der Waals surface area contributed by atoms with Crippen LogP contribution in [0.15, 0.2) is 36.5 Å². The molecule has 2 bridgehead atoms. The van der Waals surface area contributed by atoms with Crippen molar-refractivity contribution in [1.29, 1.82) is 0 Å². The largest absolute Gasteiger partial charge is 0.573 e. The van der Waals surface area contributed by atoms with E-state index in [0.29, 0.717) is 56.1 Å². The number of alkyl halides is 6. The summed E-state index contributed by atoms with van der Waals surface area (Å²) < 4.78 is 85.5. The summed E-state index contributed by atoms with van der Waals surface area (Å²) in [7, 11) is 0. The minimum atomic E-state index is -4.81. The number of aromatic nitrogens is 4. The number of hydrogen-bond acceptors (Lipinski definition) is 7. The number of rotatable bonds is 4. The van der Waals surface area contributed by atoms with Gasteiger partial charge < -0.3 is 14.5 Å². The average Bonchev–Trinajstić information content (AvgIpc) is 3.10. The van der Waals surface area contributed by atoms with E-state index in [0.717, 1.165) is 11.3 Å². The van der Waals surface area contributed by atoms with Gasteiger partial charge in [0.1, 0.15) is 0 Å². The molecule has 42 heavy (non-hydrogen) atoms. The number of benzene rings is 1. The van der Waals surface area contributed by atoms with Crippen molar-refractivity contribution < 1.29 is 31.1 Å². The molecule has 1 spiro atoms. The molecule has 8 nitrogen and oxygen atoms in total. The molecule has 3 saturated carbocycles. The molecule has 3 aliphatic heterocycles. The van der Waals surface area contributed by atoms with E-state index in [1.165, 1.54) is 18.3 Å². The molecule has 222 valence electrons. The van der Waals surface area contributed by atoms with Crippen LogP contribution >= 0.6 is 11.6 Å². The van der Waals surface area contributed by atoms with E-state index in [-0.39, 0.29) is 36.2 Å². The van der Waals surface area contributed by atoms with Gasteiger partial charge in [0.2, 0.25) is 5.95 Å². The van der Waals surface area contributed by atoms with Gasteiger partial charge in [-0.3, -0.25) is 9.47 Å². The lowest BCUT2D eigenvalue weighted by Crippen LogP contribution is -2.78. The zero-order chi connectivity index (χ0) is 29.3. The maximum absolute atomic E-state index is 13.6. The zero-order valence-corrected chi connectivity index (χ0v) is 22.8. The molecule has 5 heterocycles. The van der Waals surface area contributed by atoms with Gasteiger partial charge in [-0.15, -0.1) is 23.4 Å². The number of anilines is 2. The third-order valence-electron chi connectivity index (χ3n) is 9.63. The average molecular weight is 612 g/mol. The summed E-state index contributed by atoms with van der Waals surface area (Å²) in [6.45, 7) is 3.08. The highest BCUT2D eigenvalue weighted by molar-refractivity contribution is 6.30. The second-order valence-corrected chi connectivity index (χ2v) is 12.9. The van der Waals surface area contributed by atoms with Crippen LogP contribution in [0, 0.1) is 10.8 Å². The van der Waals surface area contributed by atoms with Crippen molar-refractivity contribution >= 4 is 23.4 Å². The van der Waals surface area contributed by atoms with Crippen LogP contribution in [0.5, 0.6) is 5.75 Å². The number of ether oxygens (including phenoxy) is 1. The third kappa shape index (κ3) is 3.76. The first-order valence-corrected chi connectivity index (χ1v) is 13.9.